The third-order valence-electron chi connectivity index (χ3n) is 6.17. The predicted octanol–water partition coefficient (Wildman–Crippen LogP) is 3.26. The summed E-state index contributed by atoms with van der Waals surface area (Å²) in [4.78, 5) is 28.0. The summed E-state index contributed by atoms with van der Waals surface area (Å²) in [6.07, 6.45) is -2.92. The number of carbonyl (C=O) groups is 2. The number of thiocarbonyl (C=S) groups is 1. The molecule has 1 saturated heterocycles. The third-order valence-corrected chi connectivity index (χ3v) is 6.52. The van der Waals surface area contributed by atoms with Gasteiger partial charge in [0.1, 0.15) is 4.99 Å². The third kappa shape index (κ3) is 8.16. The van der Waals surface area contributed by atoms with Crippen LogP contribution in [0.3, 0.4) is 0 Å². The number of nitrogens with two attached hydrogens (primary N) is 1. The molecule has 5 N–H and O–H groups in total. The van der Waals surface area contributed by atoms with Gasteiger partial charge in [0.25, 0.3) is 5.91 Å². The number of nitrogen functional groups attached to an aromatic ring is 1. The van der Waals surface area contributed by atoms with Crippen molar-refractivity contribution in [1.29, 1.82) is 0 Å². The van der Waals surface area contributed by atoms with E-state index in [0.717, 1.165) is 49.2 Å². The van der Waals surface area contributed by atoms with Crippen molar-refractivity contribution in [3.8, 4) is 0 Å². The summed E-state index contributed by atoms with van der Waals surface area (Å²) in [5.74, 6) is -1.27. The fourth-order valence-corrected chi connectivity index (χ4v) is 4.57. The molecular weight excluding hydrogens is 503 g/mol. The van der Waals surface area contributed by atoms with E-state index in [1.807, 2.05) is 31.2 Å². The van der Waals surface area contributed by atoms with Crippen LogP contribution < -0.4 is 21.7 Å². The Morgan fingerprint density at radius 1 is 1.08 bits per heavy atom. The summed E-state index contributed by atoms with van der Waals surface area (Å²) in [6.45, 7) is 6.02. The highest BCUT2D eigenvalue weighted by Crippen LogP contribution is 2.31. The van der Waals surface area contributed by atoms with Gasteiger partial charge in [-0.15, -0.1) is 0 Å². The monoisotopic (exact) mass is 535 g/mol. The Labute approximate surface area is 220 Å². The van der Waals surface area contributed by atoms with Gasteiger partial charge in [-0.3, -0.25) is 9.59 Å². The van der Waals surface area contributed by atoms with Crippen LogP contribution in [0.4, 0.5) is 18.9 Å². The lowest BCUT2D eigenvalue weighted by atomic mass is 9.98. The second-order valence-corrected chi connectivity index (χ2v) is 9.64. The molecule has 0 aliphatic carbocycles. The lowest BCUT2D eigenvalue weighted by Crippen LogP contribution is -2.61. The van der Waals surface area contributed by atoms with Crippen molar-refractivity contribution in [3.05, 3.63) is 64.7 Å². The molecule has 37 heavy (non-hydrogen) atoms. The Morgan fingerprint density at radius 3 is 2.43 bits per heavy atom. The summed E-state index contributed by atoms with van der Waals surface area (Å²) < 4.78 is 39.2. The van der Waals surface area contributed by atoms with Crippen LogP contribution in [0.15, 0.2) is 42.5 Å². The predicted molar refractivity (Wildman–Crippen MR) is 141 cm³/mol. The summed E-state index contributed by atoms with van der Waals surface area (Å²) in [5.41, 5.74) is 6.05. The first-order chi connectivity index (χ1) is 17.5. The number of rotatable bonds is 8. The Balaban J connectivity index is 1.63. The number of benzene rings is 2. The van der Waals surface area contributed by atoms with Gasteiger partial charge in [0.05, 0.1) is 18.2 Å². The van der Waals surface area contributed by atoms with Crippen LogP contribution in [-0.4, -0.2) is 60.0 Å². The Kier molecular flexibility index (Phi) is 9.50. The smallest absolute Gasteiger partial charge is 0.399 e. The van der Waals surface area contributed by atoms with E-state index < -0.39 is 30.1 Å². The quantitative estimate of drug-likeness (QED) is 0.306. The fourth-order valence-electron chi connectivity index (χ4n) is 4.28. The molecule has 0 bridgehead atoms. The maximum Gasteiger partial charge on any atom is 0.416 e. The summed E-state index contributed by atoms with van der Waals surface area (Å²) in [7, 11) is 0. The number of anilines is 1. The first kappa shape index (κ1) is 28.4. The van der Waals surface area contributed by atoms with Crippen LogP contribution in [0.25, 0.3) is 0 Å². The number of hydrogen-bond acceptors (Lipinski definition) is 5. The molecule has 200 valence electrons. The Morgan fingerprint density at radius 2 is 1.78 bits per heavy atom. The molecule has 2 aromatic rings. The number of amides is 2. The minimum Gasteiger partial charge on any atom is -0.399 e. The molecule has 2 aromatic carbocycles. The topological polar surface area (TPSA) is 99.5 Å². The zero-order valence-electron chi connectivity index (χ0n) is 20.8. The van der Waals surface area contributed by atoms with Crippen molar-refractivity contribution >= 4 is 34.7 Å². The second kappa shape index (κ2) is 12.4. The molecule has 0 spiro atoms. The highest BCUT2D eigenvalue weighted by molar-refractivity contribution is 7.80. The summed E-state index contributed by atoms with van der Waals surface area (Å²) in [6, 6.07) is 10.0. The maximum atomic E-state index is 13.1. The molecule has 7 nitrogen and oxygen atoms in total. The number of carbonyl (C=O) groups excluding carboxylic acids is 2. The molecule has 2 unspecified atom stereocenters. The zero-order valence-corrected chi connectivity index (χ0v) is 21.6. The van der Waals surface area contributed by atoms with E-state index in [2.05, 4.69) is 27.8 Å². The van der Waals surface area contributed by atoms with Gasteiger partial charge in [-0.25, -0.2) is 0 Å². The van der Waals surface area contributed by atoms with Crippen molar-refractivity contribution in [2.75, 3.05) is 31.9 Å². The minimum atomic E-state index is -4.64. The Bertz CT molecular complexity index is 1120. The number of nitrogens with one attached hydrogen (secondary N) is 3. The van der Waals surface area contributed by atoms with Crippen LogP contribution in [0.5, 0.6) is 0 Å². The summed E-state index contributed by atoms with van der Waals surface area (Å²) >= 11 is 5.59. The SMILES string of the molecule is CCCN1CCC(NC(=S)c2ccc(C)cc2)C(NC(=O)CNC(=O)c2cc(N)cc(C(F)(F)F)c2)C1. The number of alkyl halides is 3. The van der Waals surface area contributed by atoms with Crippen LogP contribution in [0.1, 0.15) is 46.8 Å². The maximum absolute atomic E-state index is 13.1. The molecule has 3 rings (SSSR count). The molecule has 0 saturated carbocycles. The molecule has 11 heteroatoms. The van der Waals surface area contributed by atoms with E-state index in [1.54, 1.807) is 0 Å². The first-order valence-electron chi connectivity index (χ1n) is 12.1. The van der Waals surface area contributed by atoms with E-state index in [1.165, 1.54) is 0 Å². The molecule has 2 atom stereocenters. The molecule has 1 aliphatic heterocycles. The second-order valence-electron chi connectivity index (χ2n) is 9.23. The van der Waals surface area contributed by atoms with Crippen LogP contribution in [0, 0.1) is 6.92 Å². The van der Waals surface area contributed by atoms with Crippen molar-refractivity contribution in [1.82, 2.24) is 20.9 Å². The average Bonchev–Trinajstić information content (AvgIpc) is 2.83. The minimum absolute atomic E-state index is 0.121. The average molecular weight is 536 g/mol. The molecule has 1 heterocycles. The molecule has 0 aromatic heterocycles. The van der Waals surface area contributed by atoms with Crippen molar-refractivity contribution in [2.45, 2.75) is 44.9 Å². The van der Waals surface area contributed by atoms with E-state index in [-0.39, 0.29) is 23.3 Å². The van der Waals surface area contributed by atoms with Gasteiger partial charge >= 0.3 is 6.18 Å². The van der Waals surface area contributed by atoms with Gasteiger partial charge in [-0.05, 0) is 44.5 Å². The largest absolute Gasteiger partial charge is 0.416 e. The molecule has 1 aliphatic rings. The van der Waals surface area contributed by atoms with E-state index >= 15 is 0 Å². The van der Waals surface area contributed by atoms with E-state index in [4.69, 9.17) is 18.0 Å². The van der Waals surface area contributed by atoms with Crippen molar-refractivity contribution in [3.63, 3.8) is 0 Å². The molecule has 0 radical (unpaired) electrons. The van der Waals surface area contributed by atoms with Crippen molar-refractivity contribution in [2.24, 2.45) is 0 Å². The lowest BCUT2D eigenvalue weighted by molar-refractivity contribution is -0.137. The van der Waals surface area contributed by atoms with Gasteiger partial charge in [0.2, 0.25) is 5.91 Å². The number of likely N-dealkylation sites (tertiary alicyclic amines) is 1. The number of hydrogen-bond donors (Lipinski definition) is 4. The molecule has 2 amide bonds. The van der Waals surface area contributed by atoms with E-state index in [9.17, 15) is 22.8 Å². The van der Waals surface area contributed by atoms with Gasteiger partial charge in [0.15, 0.2) is 0 Å². The van der Waals surface area contributed by atoms with Gasteiger partial charge in [0, 0.05) is 35.9 Å². The van der Waals surface area contributed by atoms with Gasteiger partial charge in [-0.2, -0.15) is 13.2 Å². The zero-order chi connectivity index (χ0) is 27.2. The highest BCUT2D eigenvalue weighted by atomic mass is 32.1. The lowest BCUT2D eigenvalue weighted by Gasteiger charge is -2.39. The number of nitrogens with zero attached hydrogens (tertiary/aromatic N) is 1. The number of halogens is 3. The molecule has 1 fully saturated rings. The van der Waals surface area contributed by atoms with Gasteiger partial charge < -0.3 is 26.6 Å². The van der Waals surface area contributed by atoms with Crippen LogP contribution in [0.2, 0.25) is 0 Å². The Hall–Kier alpha value is -3.18. The summed E-state index contributed by atoms with van der Waals surface area (Å²) in [5, 5.41) is 8.71. The first-order valence-corrected chi connectivity index (χ1v) is 12.5. The fraction of sp³-hybridized carbons (Fsp3) is 0.423. The van der Waals surface area contributed by atoms with Crippen LogP contribution >= 0.6 is 12.2 Å². The van der Waals surface area contributed by atoms with Crippen molar-refractivity contribution < 1.29 is 22.8 Å². The number of aryl methyl sites for hydroxylation is 1. The number of piperidine rings is 1. The normalized spacial score (nSPS) is 18.2. The van der Waals surface area contributed by atoms with E-state index in [0.29, 0.717) is 17.6 Å². The standard InChI is InChI=1S/C26H32F3N5O2S/c1-3-9-34-10-8-21(33-25(37)17-6-4-16(2)5-7-17)22(15-34)32-23(35)14-31-24(36)18-11-19(26(27,28)29)13-20(30)12-18/h4-7,11-13,21-22H,3,8-10,14-15,30H2,1-2H3,(H,31,36)(H,32,35)(H,33,37). The highest BCUT2D eigenvalue weighted by Gasteiger charge is 2.32. The molecular formula is C26H32F3N5O2S. The van der Waals surface area contributed by atoms with Gasteiger partial charge in [-0.1, -0.05) is 49.0 Å². The van der Waals surface area contributed by atoms with Crippen LogP contribution in [-0.2, 0) is 11.0 Å².